The van der Waals surface area contributed by atoms with Crippen LogP contribution in [0, 0.1) is 10.1 Å². The zero-order chi connectivity index (χ0) is 12.1. The fourth-order valence-electron chi connectivity index (χ4n) is 1.18. The van der Waals surface area contributed by atoms with Crippen molar-refractivity contribution < 1.29 is 14.9 Å². The van der Waals surface area contributed by atoms with E-state index < -0.39 is 16.9 Å². The number of non-ortho nitro benzene ring substituents is 1. The van der Waals surface area contributed by atoms with Crippen molar-refractivity contribution in [1.82, 2.24) is 5.48 Å². The SMILES string of the molecule is NC(Cc1ccc([N+](=O)[O-])cc1)C(=O)NO. The quantitative estimate of drug-likeness (QED) is 0.377. The van der Waals surface area contributed by atoms with E-state index in [4.69, 9.17) is 10.9 Å². The van der Waals surface area contributed by atoms with Crippen molar-refractivity contribution in [2.75, 3.05) is 0 Å². The number of nitrogens with one attached hydrogen (secondary N) is 1. The molecular weight excluding hydrogens is 214 g/mol. The van der Waals surface area contributed by atoms with Gasteiger partial charge in [0.05, 0.1) is 11.0 Å². The number of carbonyl (C=O) groups excluding carboxylic acids is 1. The van der Waals surface area contributed by atoms with Crippen molar-refractivity contribution in [2.45, 2.75) is 12.5 Å². The lowest BCUT2D eigenvalue weighted by Crippen LogP contribution is -2.40. The number of benzene rings is 1. The monoisotopic (exact) mass is 225 g/mol. The Balaban J connectivity index is 2.68. The first-order valence-electron chi connectivity index (χ1n) is 4.47. The molecule has 1 aromatic rings. The molecule has 0 aliphatic heterocycles. The molecule has 0 aromatic heterocycles. The summed E-state index contributed by atoms with van der Waals surface area (Å²) in [5.41, 5.74) is 7.55. The van der Waals surface area contributed by atoms with Gasteiger partial charge in [0, 0.05) is 12.1 Å². The fourth-order valence-corrected chi connectivity index (χ4v) is 1.18. The minimum atomic E-state index is -0.883. The highest BCUT2D eigenvalue weighted by atomic mass is 16.6. The molecule has 0 aliphatic carbocycles. The topological polar surface area (TPSA) is 118 Å². The first kappa shape index (κ1) is 12.1. The Morgan fingerprint density at radius 3 is 2.50 bits per heavy atom. The molecule has 0 saturated heterocycles. The first-order chi connectivity index (χ1) is 7.54. The van der Waals surface area contributed by atoms with Gasteiger partial charge in [0.15, 0.2) is 0 Å². The molecule has 86 valence electrons. The van der Waals surface area contributed by atoms with E-state index in [-0.39, 0.29) is 12.1 Å². The minimum Gasteiger partial charge on any atom is -0.320 e. The van der Waals surface area contributed by atoms with Crippen LogP contribution in [-0.4, -0.2) is 22.1 Å². The maximum absolute atomic E-state index is 10.9. The molecule has 0 saturated carbocycles. The molecule has 7 nitrogen and oxygen atoms in total. The molecule has 1 rings (SSSR count). The second-order valence-electron chi connectivity index (χ2n) is 3.21. The standard InChI is InChI=1S/C9H11N3O4/c10-8(9(13)11-14)5-6-1-3-7(4-2-6)12(15)16/h1-4,8,14H,5,10H2,(H,11,13). The summed E-state index contributed by atoms with van der Waals surface area (Å²) in [5.74, 6) is -0.696. The Hall–Kier alpha value is -1.99. The summed E-state index contributed by atoms with van der Waals surface area (Å²) in [6.07, 6.45) is 0.199. The predicted octanol–water partition coefficient (Wildman–Crippen LogP) is -0.0300. The third-order valence-electron chi connectivity index (χ3n) is 2.05. The van der Waals surface area contributed by atoms with Gasteiger partial charge < -0.3 is 5.73 Å². The Morgan fingerprint density at radius 2 is 2.06 bits per heavy atom. The van der Waals surface area contributed by atoms with Gasteiger partial charge in [-0.1, -0.05) is 12.1 Å². The van der Waals surface area contributed by atoms with Crippen molar-refractivity contribution in [3.8, 4) is 0 Å². The van der Waals surface area contributed by atoms with E-state index in [9.17, 15) is 14.9 Å². The van der Waals surface area contributed by atoms with E-state index in [1.165, 1.54) is 29.7 Å². The highest BCUT2D eigenvalue weighted by molar-refractivity contribution is 5.80. The van der Waals surface area contributed by atoms with Crippen LogP contribution < -0.4 is 11.2 Å². The van der Waals surface area contributed by atoms with Crippen LogP contribution in [0.5, 0.6) is 0 Å². The largest absolute Gasteiger partial charge is 0.320 e. The zero-order valence-electron chi connectivity index (χ0n) is 8.29. The Kier molecular flexibility index (Phi) is 3.92. The van der Waals surface area contributed by atoms with Crippen LogP contribution in [0.15, 0.2) is 24.3 Å². The summed E-state index contributed by atoms with van der Waals surface area (Å²) < 4.78 is 0. The van der Waals surface area contributed by atoms with Crippen LogP contribution in [0.3, 0.4) is 0 Å². The Labute approximate surface area is 91.0 Å². The molecule has 7 heteroatoms. The molecule has 0 radical (unpaired) electrons. The van der Waals surface area contributed by atoms with Gasteiger partial charge in [-0.2, -0.15) is 0 Å². The van der Waals surface area contributed by atoms with E-state index in [1.807, 2.05) is 0 Å². The van der Waals surface area contributed by atoms with Crippen molar-refractivity contribution in [1.29, 1.82) is 0 Å². The molecule has 1 aromatic carbocycles. The van der Waals surface area contributed by atoms with Gasteiger partial charge in [-0.05, 0) is 12.0 Å². The van der Waals surface area contributed by atoms with Gasteiger partial charge in [-0.25, -0.2) is 5.48 Å². The smallest absolute Gasteiger partial charge is 0.269 e. The van der Waals surface area contributed by atoms with Gasteiger partial charge in [0.1, 0.15) is 0 Å². The number of nitrogens with two attached hydrogens (primary N) is 1. The maximum atomic E-state index is 10.9. The molecule has 4 N–H and O–H groups in total. The minimum absolute atomic E-state index is 0.0241. The summed E-state index contributed by atoms with van der Waals surface area (Å²) in [6.45, 7) is 0. The molecule has 16 heavy (non-hydrogen) atoms. The Morgan fingerprint density at radius 1 is 1.50 bits per heavy atom. The number of hydroxylamine groups is 1. The highest BCUT2D eigenvalue weighted by Crippen LogP contribution is 2.12. The lowest BCUT2D eigenvalue weighted by molar-refractivity contribution is -0.384. The van der Waals surface area contributed by atoms with Crippen molar-refractivity contribution in [3.63, 3.8) is 0 Å². The van der Waals surface area contributed by atoms with Gasteiger partial charge in [0.2, 0.25) is 0 Å². The van der Waals surface area contributed by atoms with E-state index in [2.05, 4.69) is 0 Å². The van der Waals surface area contributed by atoms with E-state index in [1.54, 1.807) is 0 Å². The molecule has 0 aliphatic rings. The Bertz CT molecular complexity index is 390. The first-order valence-corrected chi connectivity index (χ1v) is 4.47. The maximum Gasteiger partial charge on any atom is 0.269 e. The number of nitro benzene ring substituents is 1. The lowest BCUT2D eigenvalue weighted by Gasteiger charge is -2.08. The molecule has 1 unspecified atom stereocenters. The zero-order valence-corrected chi connectivity index (χ0v) is 8.29. The number of amides is 1. The summed E-state index contributed by atoms with van der Waals surface area (Å²) in [4.78, 5) is 20.8. The van der Waals surface area contributed by atoms with E-state index in [0.717, 1.165) is 0 Å². The van der Waals surface area contributed by atoms with E-state index >= 15 is 0 Å². The van der Waals surface area contributed by atoms with Crippen LogP contribution in [0.4, 0.5) is 5.69 Å². The second kappa shape index (κ2) is 5.19. The number of nitro groups is 1. The lowest BCUT2D eigenvalue weighted by atomic mass is 10.1. The van der Waals surface area contributed by atoms with Gasteiger partial charge in [-0.3, -0.25) is 20.1 Å². The number of carbonyl (C=O) groups is 1. The van der Waals surface area contributed by atoms with Gasteiger partial charge >= 0.3 is 0 Å². The summed E-state index contributed by atoms with van der Waals surface area (Å²) in [6, 6.07) is 4.81. The number of rotatable bonds is 4. The predicted molar refractivity (Wildman–Crippen MR) is 54.7 cm³/mol. The van der Waals surface area contributed by atoms with Crippen LogP contribution in [0.25, 0.3) is 0 Å². The number of nitrogens with zero attached hydrogens (tertiary/aromatic N) is 1. The number of hydrogen-bond donors (Lipinski definition) is 3. The highest BCUT2D eigenvalue weighted by Gasteiger charge is 2.13. The molecule has 1 atom stereocenters. The normalized spacial score (nSPS) is 11.9. The molecule has 0 heterocycles. The average Bonchev–Trinajstić information content (AvgIpc) is 2.28. The average molecular weight is 225 g/mol. The summed E-state index contributed by atoms with van der Waals surface area (Å²) in [7, 11) is 0. The van der Waals surface area contributed by atoms with Gasteiger partial charge in [0.25, 0.3) is 11.6 Å². The van der Waals surface area contributed by atoms with Crippen LogP contribution in [0.1, 0.15) is 5.56 Å². The van der Waals surface area contributed by atoms with Crippen LogP contribution in [-0.2, 0) is 11.2 Å². The van der Waals surface area contributed by atoms with Crippen LogP contribution >= 0.6 is 0 Å². The van der Waals surface area contributed by atoms with Crippen molar-refractivity contribution >= 4 is 11.6 Å². The molecule has 0 spiro atoms. The summed E-state index contributed by atoms with van der Waals surface area (Å²) >= 11 is 0. The molecule has 0 bridgehead atoms. The molecular formula is C9H11N3O4. The fraction of sp³-hybridized carbons (Fsp3) is 0.222. The summed E-state index contributed by atoms with van der Waals surface area (Å²) in [5, 5.41) is 18.7. The second-order valence-corrected chi connectivity index (χ2v) is 3.21. The third-order valence-corrected chi connectivity index (χ3v) is 2.05. The third kappa shape index (κ3) is 3.01. The van der Waals surface area contributed by atoms with Crippen molar-refractivity contribution in [2.24, 2.45) is 5.73 Å². The van der Waals surface area contributed by atoms with E-state index in [0.29, 0.717) is 5.56 Å². The van der Waals surface area contributed by atoms with Crippen molar-refractivity contribution in [3.05, 3.63) is 39.9 Å². The molecule has 0 fully saturated rings. The van der Waals surface area contributed by atoms with Gasteiger partial charge in [-0.15, -0.1) is 0 Å². The molecule has 1 amide bonds. The van der Waals surface area contributed by atoms with Crippen LogP contribution in [0.2, 0.25) is 0 Å². The number of hydrogen-bond acceptors (Lipinski definition) is 5.